The van der Waals surface area contributed by atoms with E-state index < -0.39 is 0 Å². The van der Waals surface area contributed by atoms with E-state index in [1.54, 1.807) is 13.3 Å². The number of amides is 1. The van der Waals surface area contributed by atoms with Crippen molar-refractivity contribution in [2.75, 3.05) is 20.2 Å². The van der Waals surface area contributed by atoms with E-state index >= 15 is 0 Å². The second-order valence-electron chi connectivity index (χ2n) is 6.69. The lowest BCUT2D eigenvalue weighted by atomic mass is 10.2. The van der Waals surface area contributed by atoms with Crippen LogP contribution in [0, 0.1) is 11.8 Å². The zero-order valence-electron chi connectivity index (χ0n) is 14.1. The Kier molecular flexibility index (Phi) is 3.75. The first kappa shape index (κ1) is 15.2. The van der Waals surface area contributed by atoms with Gasteiger partial charge in [0.05, 0.1) is 19.0 Å². The number of carbonyl (C=O) groups excluding carboxylic acids is 1. The molecule has 0 N–H and O–H groups in total. The summed E-state index contributed by atoms with van der Waals surface area (Å²) in [4.78, 5) is 23.3. The number of nitrogens with zero attached hydrogens (tertiary/aromatic N) is 4. The van der Waals surface area contributed by atoms with Gasteiger partial charge in [0.1, 0.15) is 5.82 Å². The van der Waals surface area contributed by atoms with Crippen LogP contribution in [0.3, 0.4) is 0 Å². The first-order valence-corrected chi connectivity index (χ1v) is 8.51. The number of methoxy groups -OCH3 is 1. The number of aromatic nitrogens is 3. The molecule has 24 heavy (non-hydrogen) atoms. The zero-order chi connectivity index (χ0) is 16.7. The molecule has 1 fully saturated rings. The zero-order valence-corrected chi connectivity index (χ0v) is 14.1. The molecular weight excluding hydrogens is 304 g/mol. The number of hydrogen-bond acceptors (Lipinski definition) is 4. The Balaban J connectivity index is 1.56. The van der Waals surface area contributed by atoms with Gasteiger partial charge in [0.25, 0.3) is 0 Å². The SMILES string of the molecule is COc1cc(-c2cnc3n2CCN(C(=O)[C@H]2C[C@@H]2C)CC3)ccn1. The summed E-state index contributed by atoms with van der Waals surface area (Å²) >= 11 is 0. The smallest absolute Gasteiger partial charge is 0.226 e. The van der Waals surface area contributed by atoms with Gasteiger partial charge in [-0.2, -0.15) is 0 Å². The van der Waals surface area contributed by atoms with Gasteiger partial charge in [0.15, 0.2) is 0 Å². The van der Waals surface area contributed by atoms with Crippen LogP contribution in [0.5, 0.6) is 5.88 Å². The van der Waals surface area contributed by atoms with E-state index in [4.69, 9.17) is 4.74 Å². The molecule has 6 heteroatoms. The van der Waals surface area contributed by atoms with Crippen molar-refractivity contribution in [2.24, 2.45) is 11.8 Å². The van der Waals surface area contributed by atoms with Crippen LogP contribution in [0.15, 0.2) is 24.5 Å². The van der Waals surface area contributed by atoms with Crippen LogP contribution in [0.25, 0.3) is 11.3 Å². The summed E-state index contributed by atoms with van der Waals surface area (Å²) in [5.41, 5.74) is 2.09. The van der Waals surface area contributed by atoms with E-state index in [2.05, 4.69) is 21.5 Å². The predicted molar refractivity (Wildman–Crippen MR) is 89.6 cm³/mol. The van der Waals surface area contributed by atoms with Gasteiger partial charge in [0, 0.05) is 49.8 Å². The van der Waals surface area contributed by atoms with E-state index in [1.165, 1.54) is 0 Å². The second kappa shape index (κ2) is 5.92. The van der Waals surface area contributed by atoms with E-state index in [9.17, 15) is 4.79 Å². The Morgan fingerprint density at radius 1 is 1.29 bits per heavy atom. The van der Waals surface area contributed by atoms with Gasteiger partial charge < -0.3 is 14.2 Å². The molecule has 2 atom stereocenters. The van der Waals surface area contributed by atoms with Crippen LogP contribution < -0.4 is 4.74 Å². The van der Waals surface area contributed by atoms with Gasteiger partial charge in [-0.1, -0.05) is 6.92 Å². The predicted octanol–water partition coefficient (Wildman–Crippen LogP) is 1.99. The minimum absolute atomic E-state index is 0.249. The van der Waals surface area contributed by atoms with Crippen molar-refractivity contribution in [3.8, 4) is 17.1 Å². The lowest BCUT2D eigenvalue weighted by molar-refractivity contribution is -0.132. The van der Waals surface area contributed by atoms with Crippen LogP contribution in [-0.2, 0) is 17.8 Å². The van der Waals surface area contributed by atoms with Crippen molar-refractivity contribution < 1.29 is 9.53 Å². The van der Waals surface area contributed by atoms with Crippen LogP contribution in [0.4, 0.5) is 0 Å². The molecule has 1 aliphatic heterocycles. The largest absolute Gasteiger partial charge is 0.481 e. The molecule has 1 saturated carbocycles. The molecule has 2 aliphatic rings. The van der Waals surface area contributed by atoms with Gasteiger partial charge in [-0.3, -0.25) is 4.79 Å². The molecule has 1 amide bonds. The number of imidazole rings is 1. The van der Waals surface area contributed by atoms with Gasteiger partial charge in [-0.05, 0) is 18.4 Å². The summed E-state index contributed by atoms with van der Waals surface area (Å²) in [6, 6.07) is 3.89. The Bertz CT molecular complexity index is 770. The average molecular weight is 326 g/mol. The summed E-state index contributed by atoms with van der Waals surface area (Å²) < 4.78 is 7.44. The maximum absolute atomic E-state index is 12.5. The minimum Gasteiger partial charge on any atom is -0.481 e. The molecule has 4 rings (SSSR count). The van der Waals surface area contributed by atoms with Gasteiger partial charge >= 0.3 is 0 Å². The molecular formula is C18H22N4O2. The number of fused-ring (bicyclic) bond motifs is 1. The molecule has 0 unspecified atom stereocenters. The first-order valence-electron chi connectivity index (χ1n) is 8.51. The lowest BCUT2D eigenvalue weighted by Crippen LogP contribution is -2.35. The van der Waals surface area contributed by atoms with Crippen LogP contribution in [0.1, 0.15) is 19.2 Å². The number of carbonyl (C=O) groups is 1. The average Bonchev–Trinajstić information content (AvgIpc) is 3.27. The quantitative estimate of drug-likeness (QED) is 0.865. The van der Waals surface area contributed by atoms with Crippen molar-refractivity contribution in [2.45, 2.75) is 26.3 Å². The summed E-state index contributed by atoms with van der Waals surface area (Å²) in [6.45, 7) is 4.45. The molecule has 0 radical (unpaired) electrons. The minimum atomic E-state index is 0.249. The second-order valence-corrected chi connectivity index (χ2v) is 6.69. The maximum Gasteiger partial charge on any atom is 0.226 e. The van der Waals surface area contributed by atoms with Crippen molar-refractivity contribution >= 4 is 5.91 Å². The third-order valence-corrected chi connectivity index (χ3v) is 5.12. The number of hydrogen-bond donors (Lipinski definition) is 0. The molecule has 126 valence electrons. The maximum atomic E-state index is 12.5. The summed E-state index contributed by atoms with van der Waals surface area (Å²) in [5, 5.41) is 0. The fourth-order valence-corrected chi connectivity index (χ4v) is 3.46. The van der Waals surface area contributed by atoms with Gasteiger partial charge in [-0.25, -0.2) is 9.97 Å². The normalized spacial score (nSPS) is 22.7. The first-order chi connectivity index (χ1) is 11.7. The molecule has 6 nitrogen and oxygen atoms in total. The fourth-order valence-electron chi connectivity index (χ4n) is 3.46. The highest BCUT2D eigenvalue weighted by Crippen LogP contribution is 2.39. The third-order valence-electron chi connectivity index (χ3n) is 5.12. The summed E-state index contributed by atoms with van der Waals surface area (Å²) in [7, 11) is 1.62. The number of pyridine rings is 1. The highest BCUT2D eigenvalue weighted by Gasteiger charge is 2.41. The van der Waals surface area contributed by atoms with Crippen LogP contribution in [0.2, 0.25) is 0 Å². The van der Waals surface area contributed by atoms with Crippen molar-refractivity contribution in [3.63, 3.8) is 0 Å². The Morgan fingerprint density at radius 2 is 2.12 bits per heavy atom. The van der Waals surface area contributed by atoms with Crippen molar-refractivity contribution in [1.29, 1.82) is 0 Å². The van der Waals surface area contributed by atoms with Gasteiger partial charge in [-0.15, -0.1) is 0 Å². The monoisotopic (exact) mass is 326 g/mol. The highest BCUT2D eigenvalue weighted by atomic mass is 16.5. The molecule has 1 aliphatic carbocycles. The van der Waals surface area contributed by atoms with E-state index in [1.807, 2.05) is 23.2 Å². The fraction of sp³-hybridized carbons (Fsp3) is 0.500. The molecule has 3 heterocycles. The Hall–Kier alpha value is -2.37. The number of ether oxygens (including phenoxy) is 1. The van der Waals surface area contributed by atoms with E-state index in [0.717, 1.165) is 49.6 Å². The molecule has 2 aromatic rings. The van der Waals surface area contributed by atoms with Gasteiger partial charge in [0.2, 0.25) is 11.8 Å². The Labute approximate surface area is 141 Å². The molecule has 0 saturated heterocycles. The third kappa shape index (κ3) is 2.66. The highest BCUT2D eigenvalue weighted by molar-refractivity contribution is 5.81. The summed E-state index contributed by atoms with van der Waals surface area (Å²) in [6.07, 6.45) is 5.50. The molecule has 0 aromatic carbocycles. The standard InChI is InChI=1S/C18H22N4O2/c1-12-9-14(12)18(23)21-6-4-16-20-11-15(22(16)8-7-21)13-3-5-19-17(10-13)24-2/h3,5,10-12,14H,4,6-9H2,1-2H3/t12-,14-/m0/s1. The van der Waals surface area contributed by atoms with Crippen molar-refractivity contribution in [3.05, 3.63) is 30.4 Å². The molecule has 0 spiro atoms. The topological polar surface area (TPSA) is 60.2 Å². The van der Waals surface area contributed by atoms with E-state index in [-0.39, 0.29) is 5.92 Å². The van der Waals surface area contributed by atoms with E-state index in [0.29, 0.717) is 17.7 Å². The van der Waals surface area contributed by atoms with Crippen LogP contribution >= 0.6 is 0 Å². The molecule has 2 aromatic heterocycles. The van der Waals surface area contributed by atoms with Crippen LogP contribution in [-0.4, -0.2) is 45.5 Å². The van der Waals surface area contributed by atoms with Crippen molar-refractivity contribution in [1.82, 2.24) is 19.4 Å². The Morgan fingerprint density at radius 3 is 2.88 bits per heavy atom. The number of rotatable bonds is 3. The molecule has 0 bridgehead atoms. The lowest BCUT2D eigenvalue weighted by Gasteiger charge is -2.20. The summed E-state index contributed by atoms with van der Waals surface area (Å²) in [5.74, 6) is 2.76.